The summed E-state index contributed by atoms with van der Waals surface area (Å²) in [4.78, 5) is 12.0. The Kier molecular flexibility index (Phi) is 5.89. The van der Waals surface area contributed by atoms with Crippen molar-refractivity contribution in [3.8, 4) is 5.75 Å². The molecule has 1 heterocycles. The van der Waals surface area contributed by atoms with Gasteiger partial charge in [0.2, 0.25) is 15.9 Å². The fourth-order valence-corrected chi connectivity index (χ4v) is 4.23. The molecule has 0 aliphatic carbocycles. The Morgan fingerprint density at radius 1 is 1.43 bits per heavy atom. The molecule has 1 saturated heterocycles. The van der Waals surface area contributed by atoms with Crippen LogP contribution in [0, 0.1) is 5.92 Å². The van der Waals surface area contributed by atoms with Gasteiger partial charge in [0.15, 0.2) is 0 Å². The van der Waals surface area contributed by atoms with Gasteiger partial charge in [0, 0.05) is 25.7 Å². The van der Waals surface area contributed by atoms with Gasteiger partial charge in [0.25, 0.3) is 0 Å². The standard InChI is InChI=1S/C15H21ClN2O4S/c1-3-17-15(19)11-7-8-18(10-11)23(20,21)12-5-6-13(16)14(9-12)22-4-2/h5-6,9,11H,3-4,7-8,10H2,1-2H3,(H,17,19). The van der Waals surface area contributed by atoms with E-state index in [1.807, 2.05) is 6.92 Å². The first-order valence-electron chi connectivity index (χ1n) is 7.60. The third-order valence-corrected chi connectivity index (χ3v) is 5.89. The van der Waals surface area contributed by atoms with Crippen molar-refractivity contribution in [3.05, 3.63) is 23.2 Å². The van der Waals surface area contributed by atoms with Crippen molar-refractivity contribution in [3.63, 3.8) is 0 Å². The molecule has 0 aromatic heterocycles. The van der Waals surface area contributed by atoms with Gasteiger partial charge in [-0.15, -0.1) is 0 Å². The maximum Gasteiger partial charge on any atom is 0.243 e. The summed E-state index contributed by atoms with van der Waals surface area (Å²) in [6, 6.07) is 4.40. The number of amides is 1. The summed E-state index contributed by atoms with van der Waals surface area (Å²) >= 11 is 6.00. The van der Waals surface area contributed by atoms with Crippen LogP contribution >= 0.6 is 11.6 Å². The highest BCUT2D eigenvalue weighted by molar-refractivity contribution is 7.89. The number of ether oxygens (including phenoxy) is 1. The van der Waals surface area contributed by atoms with Gasteiger partial charge in [0.05, 0.1) is 22.4 Å². The largest absolute Gasteiger partial charge is 0.492 e. The number of carbonyl (C=O) groups excluding carboxylic acids is 1. The minimum absolute atomic E-state index is 0.101. The molecule has 0 radical (unpaired) electrons. The zero-order valence-electron chi connectivity index (χ0n) is 13.2. The molecule has 1 unspecified atom stereocenters. The lowest BCUT2D eigenvalue weighted by Gasteiger charge is -2.17. The zero-order valence-corrected chi connectivity index (χ0v) is 14.8. The van der Waals surface area contributed by atoms with Gasteiger partial charge < -0.3 is 10.1 Å². The van der Waals surface area contributed by atoms with E-state index in [2.05, 4.69) is 5.32 Å². The predicted molar refractivity (Wildman–Crippen MR) is 88.2 cm³/mol. The molecule has 1 fully saturated rings. The Morgan fingerprint density at radius 3 is 2.83 bits per heavy atom. The molecule has 128 valence electrons. The Labute approximate surface area is 141 Å². The molecule has 1 aromatic rings. The lowest BCUT2D eigenvalue weighted by atomic mass is 10.1. The molecule has 1 aliphatic rings. The van der Waals surface area contributed by atoms with Gasteiger partial charge in [-0.25, -0.2) is 8.42 Å². The van der Waals surface area contributed by atoms with Crippen LogP contribution < -0.4 is 10.1 Å². The van der Waals surface area contributed by atoms with Gasteiger partial charge in [-0.05, 0) is 32.4 Å². The van der Waals surface area contributed by atoms with Gasteiger partial charge >= 0.3 is 0 Å². The summed E-state index contributed by atoms with van der Waals surface area (Å²) in [7, 11) is -3.66. The van der Waals surface area contributed by atoms with E-state index in [1.54, 1.807) is 6.92 Å². The first-order valence-corrected chi connectivity index (χ1v) is 9.42. The summed E-state index contributed by atoms with van der Waals surface area (Å²) in [6.07, 6.45) is 0.525. The quantitative estimate of drug-likeness (QED) is 0.840. The van der Waals surface area contributed by atoms with Crippen molar-refractivity contribution in [2.75, 3.05) is 26.2 Å². The Balaban J connectivity index is 2.19. The molecule has 1 amide bonds. The fraction of sp³-hybridized carbons (Fsp3) is 0.533. The maximum absolute atomic E-state index is 12.7. The van der Waals surface area contributed by atoms with E-state index in [0.717, 1.165) is 0 Å². The molecule has 23 heavy (non-hydrogen) atoms. The molecule has 0 saturated carbocycles. The smallest absolute Gasteiger partial charge is 0.243 e. The number of carbonyl (C=O) groups is 1. The summed E-state index contributed by atoms with van der Waals surface area (Å²) in [5.74, 6) is -0.0607. The topological polar surface area (TPSA) is 75.7 Å². The molecule has 8 heteroatoms. The van der Waals surface area contributed by atoms with Crippen LogP contribution in [0.3, 0.4) is 0 Å². The number of sulfonamides is 1. The van der Waals surface area contributed by atoms with E-state index in [1.165, 1.54) is 22.5 Å². The highest BCUT2D eigenvalue weighted by Crippen LogP contribution is 2.31. The van der Waals surface area contributed by atoms with E-state index in [4.69, 9.17) is 16.3 Å². The molecule has 1 atom stereocenters. The van der Waals surface area contributed by atoms with E-state index in [-0.39, 0.29) is 23.3 Å². The summed E-state index contributed by atoms with van der Waals surface area (Å²) in [5.41, 5.74) is 0. The molecule has 0 spiro atoms. The number of nitrogens with one attached hydrogen (secondary N) is 1. The molecule has 1 aromatic carbocycles. The molecule has 1 N–H and O–H groups in total. The average molecular weight is 361 g/mol. The molecule has 6 nitrogen and oxygen atoms in total. The van der Waals surface area contributed by atoms with Gasteiger partial charge in [-0.2, -0.15) is 4.31 Å². The van der Waals surface area contributed by atoms with E-state index >= 15 is 0 Å². The fourth-order valence-electron chi connectivity index (χ4n) is 2.54. The molecule has 0 bridgehead atoms. The van der Waals surface area contributed by atoms with Crippen LogP contribution in [-0.4, -0.2) is 44.9 Å². The maximum atomic E-state index is 12.7. The zero-order chi connectivity index (χ0) is 17.0. The predicted octanol–water partition coefficient (Wildman–Crippen LogP) is 1.89. The number of halogens is 1. The van der Waals surface area contributed by atoms with Crippen LogP contribution in [0.15, 0.2) is 23.1 Å². The number of rotatable bonds is 6. The molecule has 1 aliphatic heterocycles. The first-order chi connectivity index (χ1) is 10.9. The second-order valence-electron chi connectivity index (χ2n) is 5.27. The normalized spacial score (nSPS) is 18.8. The van der Waals surface area contributed by atoms with E-state index in [9.17, 15) is 13.2 Å². The lowest BCUT2D eigenvalue weighted by molar-refractivity contribution is -0.124. The number of nitrogens with zero attached hydrogens (tertiary/aromatic N) is 1. The van der Waals surface area contributed by atoms with Crippen molar-refractivity contribution >= 4 is 27.5 Å². The van der Waals surface area contributed by atoms with E-state index < -0.39 is 10.0 Å². The molecular weight excluding hydrogens is 340 g/mol. The van der Waals surface area contributed by atoms with Crippen LogP contribution in [0.5, 0.6) is 5.75 Å². The lowest BCUT2D eigenvalue weighted by Crippen LogP contribution is -2.34. The highest BCUT2D eigenvalue weighted by atomic mass is 35.5. The molecular formula is C15H21ClN2O4S. The highest BCUT2D eigenvalue weighted by Gasteiger charge is 2.35. The second-order valence-corrected chi connectivity index (χ2v) is 7.61. The third kappa shape index (κ3) is 3.97. The van der Waals surface area contributed by atoms with Gasteiger partial charge in [0.1, 0.15) is 5.75 Å². The number of hydrogen-bond acceptors (Lipinski definition) is 4. The van der Waals surface area contributed by atoms with Crippen LogP contribution in [-0.2, 0) is 14.8 Å². The SMILES string of the molecule is CCNC(=O)C1CCN(S(=O)(=O)c2ccc(Cl)c(OCC)c2)C1. The Hall–Kier alpha value is -1.31. The van der Waals surface area contributed by atoms with Gasteiger partial charge in [-0.1, -0.05) is 11.6 Å². The van der Waals surface area contributed by atoms with Crippen LogP contribution in [0.1, 0.15) is 20.3 Å². The van der Waals surface area contributed by atoms with Crippen molar-refractivity contribution in [1.29, 1.82) is 0 Å². The van der Waals surface area contributed by atoms with Crippen molar-refractivity contribution in [2.24, 2.45) is 5.92 Å². The Morgan fingerprint density at radius 2 is 2.17 bits per heavy atom. The third-order valence-electron chi connectivity index (χ3n) is 3.71. The monoisotopic (exact) mass is 360 g/mol. The van der Waals surface area contributed by atoms with Gasteiger partial charge in [-0.3, -0.25) is 4.79 Å². The second kappa shape index (κ2) is 7.51. The van der Waals surface area contributed by atoms with Crippen LogP contribution in [0.4, 0.5) is 0 Å². The van der Waals surface area contributed by atoms with E-state index in [0.29, 0.717) is 36.9 Å². The van der Waals surface area contributed by atoms with Crippen LogP contribution in [0.25, 0.3) is 0 Å². The van der Waals surface area contributed by atoms with Crippen LogP contribution in [0.2, 0.25) is 5.02 Å². The number of hydrogen-bond donors (Lipinski definition) is 1. The minimum atomic E-state index is -3.66. The minimum Gasteiger partial charge on any atom is -0.492 e. The summed E-state index contributed by atoms with van der Waals surface area (Å²) in [5, 5.41) is 3.10. The number of benzene rings is 1. The summed E-state index contributed by atoms with van der Waals surface area (Å²) < 4.78 is 32.1. The first kappa shape index (κ1) is 18.0. The van der Waals surface area contributed by atoms with Crippen molar-refractivity contribution in [2.45, 2.75) is 25.2 Å². The Bertz CT molecular complexity index is 678. The summed E-state index contributed by atoms with van der Waals surface area (Å²) in [6.45, 7) is 5.10. The van der Waals surface area contributed by atoms with Crippen molar-refractivity contribution in [1.82, 2.24) is 9.62 Å². The van der Waals surface area contributed by atoms with Crippen molar-refractivity contribution < 1.29 is 17.9 Å². The average Bonchev–Trinajstić information content (AvgIpc) is 3.00. The molecule has 2 rings (SSSR count).